The van der Waals surface area contributed by atoms with E-state index in [1.165, 1.54) is 37.6 Å². The van der Waals surface area contributed by atoms with Crippen LogP contribution >= 0.6 is 39.1 Å². The lowest BCUT2D eigenvalue weighted by molar-refractivity contribution is -0.384. The van der Waals surface area contributed by atoms with Gasteiger partial charge in [-0.2, -0.15) is 26.3 Å². The number of morpholine rings is 3. The number of non-ortho nitro benzene ring substituents is 1. The predicted octanol–water partition coefficient (Wildman–Crippen LogP) is 20.8. The molecule has 27 nitrogen and oxygen atoms in total. The smallest absolute Gasteiger partial charge is 0.419 e. The highest BCUT2D eigenvalue weighted by molar-refractivity contribution is 9.10. The SMILES string of the molecule is COc1ccc([N+](=O)[O-])cc1Cn1c2ccccc2c2cc(C(=O)OCCN3CCOCC3)ncc21.O=C(OCCCc1cccnc1)c1cc2c3ccccc3n(Cc3cc(Cl)ccc3Cl)c2cn1.O=C(OCCN1CCOCC1)c1cc2c3ccccc3n(Cc3cc(C(F)(F)F)ccc3Br)c2cn1.O=C(OCCN1CCOCC1)c1cc2c3ccccc3n(Cc3ccc(F)c(C(F)(F)F)c3)c2cn1. The molecule has 0 unspecified atom stereocenters. The van der Waals surface area contributed by atoms with Crippen molar-refractivity contribution in [3.63, 3.8) is 0 Å². The molecule has 0 atom stereocenters. The van der Waals surface area contributed by atoms with Crippen LogP contribution < -0.4 is 4.74 Å². The number of esters is 4. The van der Waals surface area contributed by atoms with Crippen molar-refractivity contribution in [2.45, 2.75) is 51.4 Å². The van der Waals surface area contributed by atoms with E-state index in [1.807, 2.05) is 131 Å². The number of alkyl halides is 6. The summed E-state index contributed by atoms with van der Waals surface area (Å²) in [6, 6.07) is 58.2. The third-order valence-electron chi connectivity index (χ3n) is 24.8. The number of rotatable bonds is 27. The Morgan fingerprint density at radius 2 is 0.838 bits per heavy atom. The number of benzene rings is 8. The van der Waals surface area contributed by atoms with Crippen molar-refractivity contribution < 1.29 is 92.7 Å². The molecule has 0 aliphatic carbocycles. The van der Waals surface area contributed by atoms with Crippen LogP contribution in [0.4, 0.5) is 36.4 Å². The Balaban J connectivity index is 0.000000130. The van der Waals surface area contributed by atoms with Crippen molar-refractivity contribution in [2.24, 2.45) is 0 Å². The number of carbonyl (C=O) groups is 4. The van der Waals surface area contributed by atoms with E-state index in [2.05, 4.69) is 60.1 Å². The molecule has 37 heteroatoms. The molecule has 3 aliphatic heterocycles. The molecule has 0 bridgehead atoms. The zero-order chi connectivity index (χ0) is 99.1. The maximum Gasteiger partial charge on any atom is 0.419 e. The fourth-order valence-corrected chi connectivity index (χ4v) is 18.3. The van der Waals surface area contributed by atoms with Gasteiger partial charge in [0.25, 0.3) is 5.69 Å². The number of hydrogen-bond acceptors (Lipinski definition) is 22. The predicted molar refractivity (Wildman–Crippen MR) is 527 cm³/mol. The molecular formula is C105H93BrCl2F7N13O14. The van der Waals surface area contributed by atoms with Crippen molar-refractivity contribution in [2.75, 3.05) is 132 Å². The van der Waals surface area contributed by atoms with E-state index >= 15 is 0 Å². The third kappa shape index (κ3) is 23.6. The number of nitro groups is 1. The van der Waals surface area contributed by atoms with Gasteiger partial charge in [-0.25, -0.2) is 43.5 Å². The molecule has 0 saturated carbocycles. The van der Waals surface area contributed by atoms with Gasteiger partial charge in [-0.1, -0.05) is 124 Å². The molecule has 9 aromatic heterocycles. The second kappa shape index (κ2) is 45.4. The molecule has 142 heavy (non-hydrogen) atoms. The topological polar surface area (TPSA) is 279 Å². The number of carbonyl (C=O) groups excluding carboxylic acids is 4. The summed E-state index contributed by atoms with van der Waals surface area (Å²) in [7, 11) is 1.54. The van der Waals surface area contributed by atoms with Crippen molar-refractivity contribution in [3.05, 3.63) is 336 Å². The van der Waals surface area contributed by atoms with Crippen LogP contribution in [-0.2, 0) is 78.1 Å². The van der Waals surface area contributed by atoms with Crippen molar-refractivity contribution >= 4 is 156 Å². The molecule has 0 amide bonds. The Morgan fingerprint density at radius 1 is 0.423 bits per heavy atom. The van der Waals surface area contributed by atoms with Crippen LogP contribution in [0.15, 0.2) is 248 Å². The van der Waals surface area contributed by atoms with Gasteiger partial charge < -0.3 is 56.2 Å². The van der Waals surface area contributed by atoms with Crippen LogP contribution in [0.1, 0.15) is 87.3 Å². The normalized spacial score (nSPS) is 13.9. The highest BCUT2D eigenvalue weighted by Crippen LogP contribution is 2.40. The van der Waals surface area contributed by atoms with Crippen LogP contribution in [0.5, 0.6) is 5.75 Å². The average Bonchev–Trinajstić information content (AvgIpc) is 1.61. The molecule has 732 valence electrons. The number of nitro benzene ring substituents is 1. The largest absolute Gasteiger partial charge is 0.496 e. The van der Waals surface area contributed by atoms with Gasteiger partial charge in [0, 0.05) is 188 Å². The first-order chi connectivity index (χ1) is 68.8. The quantitative estimate of drug-likeness (QED) is 0.0115. The van der Waals surface area contributed by atoms with Crippen LogP contribution in [0.2, 0.25) is 10.0 Å². The molecule has 0 N–H and O–H groups in total. The average molecular weight is 2040 g/mol. The minimum absolute atomic E-state index is 0.00759. The second-order valence-electron chi connectivity index (χ2n) is 33.7. The van der Waals surface area contributed by atoms with Crippen molar-refractivity contribution in [3.8, 4) is 5.75 Å². The number of aromatic nitrogens is 9. The van der Waals surface area contributed by atoms with Gasteiger partial charge >= 0.3 is 36.2 Å². The number of fused-ring (bicyclic) bond motifs is 12. The first-order valence-corrected chi connectivity index (χ1v) is 47.2. The lowest BCUT2D eigenvalue weighted by atomic mass is 10.1. The maximum absolute atomic E-state index is 13.8. The number of aryl methyl sites for hydroxylation is 1. The van der Waals surface area contributed by atoms with Crippen molar-refractivity contribution in [1.82, 2.24) is 57.9 Å². The van der Waals surface area contributed by atoms with E-state index in [9.17, 15) is 60.0 Å². The molecule has 12 heterocycles. The summed E-state index contributed by atoms with van der Waals surface area (Å²) in [6.07, 6.45) is 2.33. The number of nitrogens with zero attached hydrogens (tertiary/aromatic N) is 13. The number of hydrogen-bond donors (Lipinski definition) is 0. The lowest BCUT2D eigenvalue weighted by Crippen LogP contribution is -2.38. The monoisotopic (exact) mass is 2040 g/mol. The van der Waals surface area contributed by atoms with Gasteiger partial charge in [-0.3, -0.25) is 29.8 Å². The number of para-hydroxylation sites is 4. The molecule has 0 radical (unpaired) electrons. The van der Waals surface area contributed by atoms with Gasteiger partial charge in [0.1, 0.15) is 54.2 Å². The molecule has 8 aromatic carbocycles. The Morgan fingerprint density at radius 3 is 1.25 bits per heavy atom. The summed E-state index contributed by atoms with van der Waals surface area (Å²) in [6.45, 7) is 13.0. The third-order valence-corrected chi connectivity index (χ3v) is 26.2. The van der Waals surface area contributed by atoms with E-state index in [4.69, 9.17) is 61.1 Å². The Hall–Kier alpha value is -13.9. The molecule has 17 aromatic rings. The van der Waals surface area contributed by atoms with Crippen LogP contribution in [0, 0.1) is 15.9 Å². The first kappa shape index (κ1) is 99.7. The summed E-state index contributed by atoms with van der Waals surface area (Å²) < 4.78 is 145. The van der Waals surface area contributed by atoms with E-state index in [1.54, 1.807) is 71.8 Å². The van der Waals surface area contributed by atoms with Gasteiger partial charge in [0.05, 0.1) is 123 Å². The molecule has 0 spiro atoms. The van der Waals surface area contributed by atoms with Gasteiger partial charge in [-0.05, 0) is 144 Å². The van der Waals surface area contributed by atoms with E-state index in [0.29, 0.717) is 121 Å². The minimum atomic E-state index is -4.79. The van der Waals surface area contributed by atoms with E-state index in [-0.39, 0.29) is 66.9 Å². The molecule has 3 saturated heterocycles. The number of methoxy groups -OCH3 is 1. The van der Waals surface area contributed by atoms with Crippen LogP contribution in [-0.4, -0.2) is 219 Å². The Bertz CT molecular complexity index is 7500. The van der Waals surface area contributed by atoms with Crippen molar-refractivity contribution in [1.29, 1.82) is 0 Å². The summed E-state index contributed by atoms with van der Waals surface area (Å²) in [5.74, 6) is -2.71. The van der Waals surface area contributed by atoms with Crippen LogP contribution in [0.3, 0.4) is 0 Å². The Kier molecular flexibility index (Phi) is 31.8. The zero-order valence-corrected chi connectivity index (χ0v) is 79.7. The Labute approximate surface area is 826 Å². The fraction of sp³-hybridized carbons (Fsp3) is 0.267. The van der Waals surface area contributed by atoms with Gasteiger partial charge in [0.2, 0.25) is 0 Å². The number of ether oxygens (including phenoxy) is 8. The highest BCUT2D eigenvalue weighted by Gasteiger charge is 2.36. The van der Waals surface area contributed by atoms with E-state index < -0.39 is 58.1 Å². The van der Waals surface area contributed by atoms with E-state index in [0.717, 1.165) is 164 Å². The summed E-state index contributed by atoms with van der Waals surface area (Å²) >= 11 is 16.0. The summed E-state index contributed by atoms with van der Waals surface area (Å²) in [4.78, 5) is 89.7. The van der Waals surface area contributed by atoms with Gasteiger partial charge in [0.15, 0.2) is 0 Å². The molecular weight excluding hydrogens is 1950 g/mol. The van der Waals surface area contributed by atoms with Gasteiger partial charge in [-0.15, -0.1) is 0 Å². The molecule has 3 aliphatic rings. The minimum Gasteiger partial charge on any atom is -0.496 e. The summed E-state index contributed by atoms with van der Waals surface area (Å²) in [5.41, 5.74) is 8.90. The number of pyridine rings is 5. The second-order valence-corrected chi connectivity index (χ2v) is 35.4. The highest BCUT2D eigenvalue weighted by atomic mass is 79.9. The lowest BCUT2D eigenvalue weighted by Gasteiger charge is -2.26. The number of halogens is 10. The first-order valence-electron chi connectivity index (χ1n) is 45.7. The molecule has 20 rings (SSSR count). The standard InChI is InChI=1S/C27H21Cl2N3O2.C26H23BrF3N3O3.C26H23F4N3O3.C26H26N4O6/c28-20-9-10-23(29)19(13-20)17-32-25-8-2-1-7-21(25)22-14-24(31-16-26(22)32)27(33)34-12-4-6-18-5-3-11-30-15-18;27-21-6-5-18(26(28,29)30)13-17(21)16-33-23-4-2-1-3-19(23)20-14-22(31-15-24(20)33)25(34)36-12-9-32-7-10-35-11-8-32;27-21-6-5-17(13-20(21)26(28,29)30)16-33-23-4-2-1-3-18(23)19-14-22(31-15-24(19)33)25(34)36-12-9-32-7-10-35-11-8-32;1-34-25-7-6-19(30(32)33)14-18(25)17-29-23-5-3-2-4-20(23)21-15-22(27-16-24(21)29)26(31)36-13-10-28-8-11-35-12-9-28/h1-3,5,7-11,13-16H,4,6,12,17H2;2*1-6,13-15H,7-12,16H2;2-7,14-16H,8-13,17H2,1H3. The summed E-state index contributed by atoms with van der Waals surface area (Å²) in [5, 5.41) is 19.6. The zero-order valence-electron chi connectivity index (χ0n) is 76.6. The fourth-order valence-electron chi connectivity index (χ4n) is 17.6. The van der Waals surface area contributed by atoms with Crippen LogP contribution in [0.25, 0.3) is 87.2 Å². The maximum atomic E-state index is 13.8. The molecule has 3 fully saturated rings.